The highest BCUT2D eigenvalue weighted by molar-refractivity contribution is 6.05. The molecule has 1 aromatic rings. The van der Waals surface area contributed by atoms with Crippen molar-refractivity contribution < 1.29 is 22.8 Å². The van der Waals surface area contributed by atoms with E-state index in [0.717, 1.165) is 36.3 Å². The predicted molar refractivity (Wildman–Crippen MR) is 77.1 cm³/mol. The highest BCUT2D eigenvalue weighted by Crippen LogP contribution is 2.45. The lowest BCUT2D eigenvalue weighted by Crippen LogP contribution is -2.36. The van der Waals surface area contributed by atoms with Crippen molar-refractivity contribution in [3.05, 3.63) is 35.4 Å². The van der Waals surface area contributed by atoms with Crippen LogP contribution in [0.4, 0.5) is 13.2 Å². The van der Waals surface area contributed by atoms with Gasteiger partial charge in [-0.05, 0) is 30.5 Å². The molecule has 23 heavy (non-hydrogen) atoms. The first-order valence-electron chi connectivity index (χ1n) is 7.83. The maximum Gasteiger partial charge on any atom is 0.416 e. The summed E-state index contributed by atoms with van der Waals surface area (Å²) in [7, 11) is 0. The Hall–Kier alpha value is -1.85. The first-order valence-corrected chi connectivity index (χ1v) is 7.83. The number of hydrogen-bond acceptors (Lipinski definition) is 2. The Balaban J connectivity index is 1.80. The standard InChI is InChI=1S/C17H18F3NO2/c18-17(19,20)13-6-4-5-12(9-13)11-21-14(22)10-16(15(21)23)7-2-1-3-8-16/h4-6,9H,1-3,7-8,10-11H2. The Morgan fingerprint density at radius 3 is 2.43 bits per heavy atom. The average Bonchev–Trinajstić information content (AvgIpc) is 2.72. The van der Waals surface area contributed by atoms with E-state index in [1.54, 1.807) is 0 Å². The number of carbonyl (C=O) groups is 2. The Morgan fingerprint density at radius 1 is 1.09 bits per heavy atom. The Morgan fingerprint density at radius 2 is 1.78 bits per heavy atom. The second kappa shape index (κ2) is 5.65. The molecule has 1 aromatic carbocycles. The number of benzene rings is 1. The molecule has 1 heterocycles. The molecular weight excluding hydrogens is 307 g/mol. The molecular formula is C17H18F3NO2. The lowest BCUT2D eigenvalue weighted by molar-refractivity contribution is -0.142. The molecule has 3 nitrogen and oxygen atoms in total. The van der Waals surface area contributed by atoms with Crippen LogP contribution in [0, 0.1) is 5.41 Å². The van der Waals surface area contributed by atoms with E-state index in [4.69, 9.17) is 0 Å². The topological polar surface area (TPSA) is 37.4 Å². The smallest absolute Gasteiger partial charge is 0.278 e. The molecule has 2 aliphatic rings. The van der Waals surface area contributed by atoms with Crippen molar-refractivity contribution in [3.63, 3.8) is 0 Å². The van der Waals surface area contributed by atoms with Gasteiger partial charge in [-0.1, -0.05) is 31.4 Å². The second-order valence-electron chi connectivity index (χ2n) is 6.50. The van der Waals surface area contributed by atoms with Gasteiger partial charge in [-0.3, -0.25) is 14.5 Å². The molecule has 3 rings (SSSR count). The number of imide groups is 1. The third-order valence-corrected chi connectivity index (χ3v) is 4.90. The van der Waals surface area contributed by atoms with E-state index in [-0.39, 0.29) is 24.8 Å². The maximum absolute atomic E-state index is 12.8. The van der Waals surface area contributed by atoms with Gasteiger partial charge in [0.2, 0.25) is 11.8 Å². The number of nitrogens with zero attached hydrogens (tertiary/aromatic N) is 1. The van der Waals surface area contributed by atoms with Crippen LogP contribution in [0.1, 0.15) is 49.7 Å². The van der Waals surface area contributed by atoms with Gasteiger partial charge >= 0.3 is 6.18 Å². The second-order valence-corrected chi connectivity index (χ2v) is 6.50. The molecule has 124 valence electrons. The van der Waals surface area contributed by atoms with E-state index >= 15 is 0 Å². The molecule has 0 aromatic heterocycles. The van der Waals surface area contributed by atoms with Crippen molar-refractivity contribution >= 4 is 11.8 Å². The van der Waals surface area contributed by atoms with Gasteiger partial charge in [0, 0.05) is 6.42 Å². The largest absolute Gasteiger partial charge is 0.416 e. The van der Waals surface area contributed by atoms with Gasteiger partial charge < -0.3 is 0 Å². The lowest BCUT2D eigenvalue weighted by atomic mass is 9.73. The van der Waals surface area contributed by atoms with Gasteiger partial charge in [-0.15, -0.1) is 0 Å². The third-order valence-electron chi connectivity index (χ3n) is 4.90. The van der Waals surface area contributed by atoms with Crippen LogP contribution < -0.4 is 0 Å². The van der Waals surface area contributed by atoms with Crippen LogP contribution in [0.15, 0.2) is 24.3 Å². The number of carbonyl (C=O) groups excluding carboxylic acids is 2. The van der Waals surface area contributed by atoms with E-state index in [0.29, 0.717) is 18.4 Å². The molecule has 6 heteroatoms. The fraction of sp³-hybridized carbons (Fsp3) is 0.529. The molecule has 1 aliphatic heterocycles. The normalized spacial score (nSPS) is 21.3. The van der Waals surface area contributed by atoms with Gasteiger partial charge in [0.25, 0.3) is 0 Å². The highest BCUT2D eigenvalue weighted by atomic mass is 19.4. The zero-order valence-corrected chi connectivity index (χ0v) is 12.7. The summed E-state index contributed by atoms with van der Waals surface area (Å²) in [6.07, 6.45) is 0.0986. The summed E-state index contributed by atoms with van der Waals surface area (Å²) >= 11 is 0. The van der Waals surface area contributed by atoms with E-state index in [9.17, 15) is 22.8 Å². The summed E-state index contributed by atoms with van der Waals surface area (Å²) in [5.41, 5.74) is -1.03. The fourth-order valence-electron chi connectivity index (χ4n) is 3.67. The molecule has 0 N–H and O–H groups in total. The van der Waals surface area contributed by atoms with Crippen molar-refractivity contribution in [2.75, 3.05) is 0 Å². The van der Waals surface area contributed by atoms with Crippen molar-refractivity contribution in [1.29, 1.82) is 0 Å². The molecule has 1 aliphatic carbocycles. The van der Waals surface area contributed by atoms with Crippen LogP contribution in [0.2, 0.25) is 0 Å². The van der Waals surface area contributed by atoms with Crippen LogP contribution in [0.5, 0.6) is 0 Å². The summed E-state index contributed by atoms with van der Waals surface area (Å²) in [6.45, 7) is -0.0800. The van der Waals surface area contributed by atoms with Gasteiger partial charge in [0.05, 0.1) is 17.5 Å². The van der Waals surface area contributed by atoms with Gasteiger partial charge in [0.15, 0.2) is 0 Å². The van der Waals surface area contributed by atoms with E-state index in [1.807, 2.05) is 0 Å². The molecule has 2 amide bonds. The number of likely N-dealkylation sites (tertiary alicyclic amines) is 1. The first kappa shape index (κ1) is 16.0. The van der Waals surface area contributed by atoms with Crippen LogP contribution in [-0.2, 0) is 22.3 Å². The molecule has 0 atom stereocenters. The Kier molecular flexibility index (Phi) is 3.94. The molecule has 0 radical (unpaired) electrons. The van der Waals surface area contributed by atoms with E-state index in [1.165, 1.54) is 12.1 Å². The molecule has 1 spiro atoms. The minimum absolute atomic E-state index is 0.0800. The zero-order chi connectivity index (χ0) is 16.7. The van der Waals surface area contributed by atoms with Gasteiger partial charge in [0.1, 0.15) is 0 Å². The van der Waals surface area contributed by atoms with Crippen LogP contribution >= 0.6 is 0 Å². The number of amides is 2. The number of rotatable bonds is 2. The lowest BCUT2D eigenvalue weighted by Gasteiger charge is -2.30. The summed E-state index contributed by atoms with van der Waals surface area (Å²) in [5, 5.41) is 0. The SMILES string of the molecule is O=C1CC2(CCCCC2)C(=O)N1Cc1cccc(C(F)(F)F)c1. The third kappa shape index (κ3) is 2.99. The quantitative estimate of drug-likeness (QED) is 0.773. The van der Waals surface area contributed by atoms with Crippen LogP contribution in [-0.4, -0.2) is 16.7 Å². The molecule has 1 saturated heterocycles. The molecule has 2 fully saturated rings. The predicted octanol–water partition coefficient (Wildman–Crippen LogP) is 3.91. The Labute approximate surface area is 132 Å². The fourth-order valence-corrected chi connectivity index (χ4v) is 3.67. The van der Waals surface area contributed by atoms with Crippen molar-refractivity contribution in [2.24, 2.45) is 5.41 Å². The zero-order valence-electron chi connectivity index (χ0n) is 12.7. The number of alkyl halides is 3. The van der Waals surface area contributed by atoms with Gasteiger partial charge in [-0.2, -0.15) is 13.2 Å². The molecule has 0 unspecified atom stereocenters. The number of halogens is 3. The van der Waals surface area contributed by atoms with Crippen molar-refractivity contribution in [1.82, 2.24) is 4.90 Å². The highest BCUT2D eigenvalue weighted by Gasteiger charge is 2.51. The van der Waals surface area contributed by atoms with Gasteiger partial charge in [-0.25, -0.2) is 0 Å². The first-order chi connectivity index (χ1) is 10.8. The monoisotopic (exact) mass is 325 g/mol. The molecule has 1 saturated carbocycles. The number of hydrogen-bond donors (Lipinski definition) is 0. The van der Waals surface area contributed by atoms with Crippen molar-refractivity contribution in [3.8, 4) is 0 Å². The van der Waals surface area contributed by atoms with E-state index in [2.05, 4.69) is 0 Å². The summed E-state index contributed by atoms with van der Waals surface area (Å²) in [5.74, 6) is -0.478. The molecule has 0 bridgehead atoms. The van der Waals surface area contributed by atoms with E-state index < -0.39 is 17.2 Å². The maximum atomic E-state index is 12.8. The Bertz CT molecular complexity index is 633. The minimum Gasteiger partial charge on any atom is -0.278 e. The summed E-state index contributed by atoms with van der Waals surface area (Å²) in [6, 6.07) is 4.81. The van der Waals surface area contributed by atoms with Crippen molar-refractivity contribution in [2.45, 2.75) is 51.2 Å². The summed E-state index contributed by atoms with van der Waals surface area (Å²) < 4.78 is 38.3. The summed E-state index contributed by atoms with van der Waals surface area (Å²) in [4.78, 5) is 26.0. The van der Waals surface area contributed by atoms with Crippen LogP contribution in [0.25, 0.3) is 0 Å². The minimum atomic E-state index is -4.43. The average molecular weight is 325 g/mol. The van der Waals surface area contributed by atoms with Crippen LogP contribution in [0.3, 0.4) is 0 Å².